The zero-order valence-electron chi connectivity index (χ0n) is 17.2. The average molecular weight is 379 g/mol. The Morgan fingerprint density at radius 3 is 2.19 bits per heavy atom. The van der Waals surface area contributed by atoms with Gasteiger partial charge in [-0.05, 0) is 25.0 Å². The minimum absolute atomic E-state index is 0.0152. The van der Waals surface area contributed by atoms with E-state index in [2.05, 4.69) is 17.2 Å². The molecule has 0 radical (unpaired) electrons. The molecule has 1 aromatic rings. The summed E-state index contributed by atoms with van der Waals surface area (Å²) in [7, 11) is 0. The molecule has 1 atom stereocenters. The molecule has 1 amide bonds. The van der Waals surface area contributed by atoms with Crippen molar-refractivity contribution in [3.05, 3.63) is 29.6 Å². The number of aromatic nitrogens is 1. The Hall–Kier alpha value is -1.46. The van der Waals surface area contributed by atoms with Crippen molar-refractivity contribution < 1.29 is 15.0 Å². The van der Waals surface area contributed by atoms with Crippen LogP contribution < -0.4 is 5.32 Å². The third-order valence-electron chi connectivity index (χ3n) is 4.87. The summed E-state index contributed by atoms with van der Waals surface area (Å²) in [5.74, 6) is -0.354. The number of nitrogens with one attached hydrogen (secondary N) is 1. The van der Waals surface area contributed by atoms with Gasteiger partial charge in [-0.3, -0.25) is 9.78 Å². The van der Waals surface area contributed by atoms with Gasteiger partial charge in [0.1, 0.15) is 0 Å². The Kier molecular flexibility index (Phi) is 11.9. The quantitative estimate of drug-likeness (QED) is 0.315. The van der Waals surface area contributed by atoms with Crippen molar-refractivity contribution in [2.45, 2.75) is 96.6 Å². The summed E-state index contributed by atoms with van der Waals surface area (Å²) in [4.78, 5) is 15.9. The van der Waals surface area contributed by atoms with Gasteiger partial charge in [0.25, 0.3) is 0 Å². The Labute approximate surface area is 164 Å². The first-order valence-corrected chi connectivity index (χ1v) is 10.6. The maximum atomic E-state index is 11.4. The van der Waals surface area contributed by atoms with Crippen molar-refractivity contribution in [1.82, 2.24) is 10.3 Å². The van der Waals surface area contributed by atoms with E-state index in [1.165, 1.54) is 64.7 Å². The molecule has 154 valence electrons. The number of carbonyl (C=O) groups is 1. The molecule has 5 heteroatoms. The van der Waals surface area contributed by atoms with Gasteiger partial charge in [-0.1, -0.05) is 70.8 Å². The number of aryl methyl sites for hydroxylation is 1. The van der Waals surface area contributed by atoms with Gasteiger partial charge in [-0.15, -0.1) is 0 Å². The van der Waals surface area contributed by atoms with Crippen molar-refractivity contribution >= 4 is 5.91 Å². The second-order valence-electron chi connectivity index (χ2n) is 7.46. The first-order valence-electron chi connectivity index (χ1n) is 10.6. The van der Waals surface area contributed by atoms with Gasteiger partial charge in [0.2, 0.25) is 5.91 Å². The molecule has 0 aromatic carbocycles. The summed E-state index contributed by atoms with van der Waals surface area (Å²) in [6.07, 6.45) is 13.8. The number of unbranched alkanes of at least 4 members (excludes halogenated alkanes) is 9. The Morgan fingerprint density at radius 2 is 1.63 bits per heavy atom. The highest BCUT2D eigenvalue weighted by Crippen LogP contribution is 2.21. The van der Waals surface area contributed by atoms with Crippen LogP contribution in [0.1, 0.15) is 95.9 Å². The van der Waals surface area contributed by atoms with E-state index >= 15 is 0 Å². The van der Waals surface area contributed by atoms with Crippen molar-refractivity contribution in [3.8, 4) is 0 Å². The van der Waals surface area contributed by atoms with E-state index in [1.807, 2.05) is 12.1 Å². The fourth-order valence-corrected chi connectivity index (χ4v) is 3.35. The molecule has 0 saturated heterocycles. The zero-order chi connectivity index (χ0) is 20.0. The Morgan fingerprint density at radius 1 is 1.04 bits per heavy atom. The van der Waals surface area contributed by atoms with Crippen LogP contribution in [-0.4, -0.2) is 27.7 Å². The molecule has 3 N–H and O–H groups in total. The Bertz CT molecular complexity index is 536. The number of amides is 1. The van der Waals surface area contributed by atoms with E-state index in [4.69, 9.17) is 0 Å². The van der Waals surface area contributed by atoms with Crippen LogP contribution >= 0.6 is 0 Å². The predicted molar refractivity (Wildman–Crippen MR) is 109 cm³/mol. The van der Waals surface area contributed by atoms with Crippen LogP contribution in [0.25, 0.3) is 0 Å². The fourth-order valence-electron chi connectivity index (χ4n) is 3.35. The SMILES string of the molecule is CCCCCCCCCCCCc1cccc(C(O)(CCO)NC(C)=O)n1. The van der Waals surface area contributed by atoms with Crippen LogP contribution in [-0.2, 0) is 16.9 Å². The lowest BCUT2D eigenvalue weighted by Crippen LogP contribution is -2.46. The molecule has 0 bridgehead atoms. The van der Waals surface area contributed by atoms with E-state index in [0.717, 1.165) is 18.5 Å². The molecule has 0 aliphatic rings. The summed E-state index contributed by atoms with van der Waals surface area (Å²) in [6, 6.07) is 5.48. The molecule has 1 unspecified atom stereocenters. The lowest BCUT2D eigenvalue weighted by Gasteiger charge is -2.27. The van der Waals surface area contributed by atoms with Crippen LogP contribution in [0.5, 0.6) is 0 Å². The molecule has 0 aliphatic heterocycles. The number of aliphatic hydroxyl groups excluding tert-OH is 1. The van der Waals surface area contributed by atoms with Gasteiger partial charge in [0.05, 0.1) is 5.69 Å². The smallest absolute Gasteiger partial charge is 0.219 e. The average Bonchev–Trinajstić information content (AvgIpc) is 2.63. The molecular formula is C22H38N2O3. The summed E-state index contributed by atoms with van der Waals surface area (Å²) < 4.78 is 0. The van der Waals surface area contributed by atoms with Gasteiger partial charge in [0, 0.05) is 25.6 Å². The summed E-state index contributed by atoms with van der Waals surface area (Å²) >= 11 is 0. The summed E-state index contributed by atoms with van der Waals surface area (Å²) in [6.45, 7) is 3.36. The normalized spacial score (nSPS) is 13.3. The van der Waals surface area contributed by atoms with E-state index in [0.29, 0.717) is 5.69 Å². The number of nitrogens with zero attached hydrogens (tertiary/aromatic N) is 1. The molecule has 27 heavy (non-hydrogen) atoms. The van der Waals surface area contributed by atoms with Crippen molar-refractivity contribution in [3.63, 3.8) is 0 Å². The van der Waals surface area contributed by atoms with Gasteiger partial charge in [-0.2, -0.15) is 0 Å². The van der Waals surface area contributed by atoms with Crippen molar-refractivity contribution in [1.29, 1.82) is 0 Å². The van der Waals surface area contributed by atoms with Crippen LogP contribution in [0.15, 0.2) is 18.2 Å². The highest BCUT2D eigenvalue weighted by molar-refractivity contribution is 5.73. The van der Waals surface area contributed by atoms with E-state index in [9.17, 15) is 15.0 Å². The van der Waals surface area contributed by atoms with Crippen molar-refractivity contribution in [2.24, 2.45) is 0 Å². The second kappa shape index (κ2) is 13.7. The van der Waals surface area contributed by atoms with Gasteiger partial charge in [0.15, 0.2) is 5.72 Å². The molecule has 0 spiro atoms. The monoisotopic (exact) mass is 378 g/mol. The van der Waals surface area contributed by atoms with Crippen molar-refractivity contribution in [2.75, 3.05) is 6.61 Å². The van der Waals surface area contributed by atoms with Gasteiger partial charge in [-0.25, -0.2) is 0 Å². The first kappa shape index (κ1) is 23.6. The lowest BCUT2D eigenvalue weighted by atomic mass is 10.0. The third kappa shape index (κ3) is 9.87. The highest BCUT2D eigenvalue weighted by Gasteiger charge is 2.31. The molecular weight excluding hydrogens is 340 g/mol. The number of rotatable bonds is 15. The molecule has 0 aliphatic carbocycles. The maximum absolute atomic E-state index is 11.4. The number of hydrogen-bond acceptors (Lipinski definition) is 4. The number of hydrogen-bond donors (Lipinski definition) is 3. The minimum Gasteiger partial charge on any atom is -0.396 e. The highest BCUT2D eigenvalue weighted by atomic mass is 16.3. The molecule has 1 rings (SSSR count). The molecule has 0 saturated carbocycles. The molecule has 5 nitrogen and oxygen atoms in total. The van der Waals surface area contributed by atoms with E-state index < -0.39 is 5.72 Å². The zero-order valence-corrected chi connectivity index (χ0v) is 17.2. The standard InChI is InChI=1S/C22H38N2O3/c1-3-4-5-6-7-8-9-10-11-12-14-20-15-13-16-21(23-20)22(27,17-18-25)24-19(2)26/h13,15-16,25,27H,3-12,14,17-18H2,1-2H3,(H,24,26). The molecule has 1 heterocycles. The van der Waals surface area contributed by atoms with Gasteiger partial charge >= 0.3 is 0 Å². The third-order valence-corrected chi connectivity index (χ3v) is 4.87. The summed E-state index contributed by atoms with van der Waals surface area (Å²) in [5, 5.41) is 22.4. The predicted octanol–water partition coefficient (Wildman–Crippen LogP) is 4.21. The first-order chi connectivity index (χ1) is 13.0. The molecule has 1 aromatic heterocycles. The lowest BCUT2D eigenvalue weighted by molar-refractivity contribution is -0.128. The van der Waals surface area contributed by atoms with Gasteiger partial charge < -0.3 is 15.5 Å². The maximum Gasteiger partial charge on any atom is 0.219 e. The van der Waals surface area contributed by atoms with Crippen LogP contribution in [0.4, 0.5) is 0 Å². The molecule has 0 fully saturated rings. The van der Waals surface area contributed by atoms with Crippen LogP contribution in [0.3, 0.4) is 0 Å². The summed E-state index contributed by atoms with van der Waals surface area (Å²) in [5.41, 5.74) is -0.320. The van der Waals surface area contributed by atoms with Crippen LogP contribution in [0.2, 0.25) is 0 Å². The largest absolute Gasteiger partial charge is 0.396 e. The Balaban J connectivity index is 2.36. The van der Waals surface area contributed by atoms with E-state index in [-0.39, 0.29) is 18.9 Å². The topological polar surface area (TPSA) is 82.5 Å². The minimum atomic E-state index is -1.62. The number of carbonyl (C=O) groups excluding carboxylic acids is 1. The second-order valence-corrected chi connectivity index (χ2v) is 7.46. The number of pyridine rings is 1. The fraction of sp³-hybridized carbons (Fsp3) is 0.727. The number of aliphatic hydroxyl groups is 2. The van der Waals surface area contributed by atoms with Crippen LogP contribution in [0, 0.1) is 0 Å². The van der Waals surface area contributed by atoms with E-state index in [1.54, 1.807) is 6.07 Å².